The van der Waals surface area contributed by atoms with Gasteiger partial charge in [0.25, 0.3) is 0 Å². The first-order valence-corrected chi connectivity index (χ1v) is 15.6. The average Bonchev–Trinajstić information content (AvgIpc) is 2.93. The third-order valence-electron chi connectivity index (χ3n) is 7.42. The van der Waals surface area contributed by atoms with E-state index in [1.807, 2.05) is 58.0 Å². The van der Waals surface area contributed by atoms with Crippen molar-refractivity contribution in [2.75, 3.05) is 6.54 Å². The second-order valence-corrected chi connectivity index (χ2v) is 12.7. The highest BCUT2D eigenvalue weighted by molar-refractivity contribution is 5.98. The van der Waals surface area contributed by atoms with Gasteiger partial charge >= 0.3 is 0 Å². The molecule has 5 amide bonds. The first-order valence-electron chi connectivity index (χ1n) is 15.6. The Morgan fingerprint density at radius 2 is 1.07 bits per heavy atom. The van der Waals surface area contributed by atoms with Crippen LogP contribution >= 0.6 is 0 Å². The Labute approximate surface area is 256 Å². The van der Waals surface area contributed by atoms with Gasteiger partial charge in [-0.05, 0) is 62.0 Å². The van der Waals surface area contributed by atoms with Gasteiger partial charge in [0.15, 0.2) is 0 Å². The third kappa shape index (κ3) is 12.0. The molecule has 11 nitrogen and oxygen atoms in total. The molecule has 1 heterocycles. The molecule has 0 aliphatic carbocycles. The zero-order valence-electron chi connectivity index (χ0n) is 26.6. The highest BCUT2D eigenvalue weighted by Gasteiger charge is 2.35. The van der Waals surface area contributed by atoms with E-state index in [1.54, 1.807) is 13.8 Å². The van der Waals surface area contributed by atoms with Crippen LogP contribution in [0.25, 0.3) is 0 Å². The van der Waals surface area contributed by atoms with Crippen LogP contribution in [0.5, 0.6) is 0 Å². The second kappa shape index (κ2) is 17.6. The SMILES string of the molecule is CC(C)C[C@@H]1NC(=O)[C@H](Cc2ccccc2)NC(=O)[C@H](CCCCN)NC(=O)[C@H](CC(C)C)NC(=O)[C@@H](C(C)C)NC1=O. The summed E-state index contributed by atoms with van der Waals surface area (Å²) in [4.78, 5) is 68.1. The predicted molar refractivity (Wildman–Crippen MR) is 166 cm³/mol. The van der Waals surface area contributed by atoms with Crippen molar-refractivity contribution >= 4 is 29.5 Å². The molecule has 1 aliphatic heterocycles. The number of carbonyl (C=O) groups excluding carboxylic acids is 5. The van der Waals surface area contributed by atoms with Crippen LogP contribution in [0, 0.1) is 17.8 Å². The zero-order chi connectivity index (χ0) is 32.1. The number of benzene rings is 1. The van der Waals surface area contributed by atoms with Gasteiger partial charge in [-0.25, -0.2) is 0 Å². The fraction of sp³-hybridized carbons (Fsp3) is 0.656. The summed E-state index contributed by atoms with van der Waals surface area (Å²) in [6, 6.07) is 4.50. The smallest absolute Gasteiger partial charge is 0.243 e. The highest BCUT2D eigenvalue weighted by atomic mass is 16.2. The molecule has 1 saturated heterocycles. The molecule has 1 aliphatic rings. The summed E-state index contributed by atoms with van der Waals surface area (Å²) in [6.45, 7) is 11.8. The van der Waals surface area contributed by atoms with Crippen LogP contribution in [0.3, 0.4) is 0 Å². The molecule has 0 radical (unpaired) electrons. The summed E-state index contributed by atoms with van der Waals surface area (Å²) in [5.41, 5.74) is 6.51. The van der Waals surface area contributed by atoms with Gasteiger partial charge in [-0.2, -0.15) is 0 Å². The zero-order valence-corrected chi connectivity index (χ0v) is 26.6. The molecule has 5 atom stereocenters. The van der Waals surface area contributed by atoms with Crippen LogP contribution in [0.4, 0.5) is 0 Å². The largest absolute Gasteiger partial charge is 0.343 e. The summed E-state index contributed by atoms with van der Waals surface area (Å²) in [5.74, 6) is -2.73. The second-order valence-electron chi connectivity index (χ2n) is 12.7. The molecule has 2 rings (SSSR count). The molecule has 1 aromatic rings. The van der Waals surface area contributed by atoms with Gasteiger partial charge in [0.2, 0.25) is 29.5 Å². The maximum atomic E-state index is 13.7. The molecule has 1 fully saturated rings. The van der Waals surface area contributed by atoms with E-state index in [0.717, 1.165) is 5.56 Å². The van der Waals surface area contributed by atoms with Crippen LogP contribution in [-0.2, 0) is 30.4 Å². The van der Waals surface area contributed by atoms with E-state index in [4.69, 9.17) is 5.73 Å². The summed E-state index contributed by atoms with van der Waals surface area (Å²) in [6.07, 6.45) is 2.38. The molecule has 0 bridgehead atoms. The third-order valence-corrected chi connectivity index (χ3v) is 7.42. The molecular weight excluding hydrogens is 548 g/mol. The molecule has 11 heteroatoms. The van der Waals surface area contributed by atoms with E-state index < -0.39 is 59.7 Å². The number of unbranched alkanes of at least 4 members (excludes halogenated alkanes) is 1. The van der Waals surface area contributed by atoms with Gasteiger partial charge in [0, 0.05) is 6.42 Å². The lowest BCUT2D eigenvalue weighted by Gasteiger charge is -2.28. The number of carbonyl (C=O) groups is 5. The van der Waals surface area contributed by atoms with Crippen molar-refractivity contribution < 1.29 is 24.0 Å². The van der Waals surface area contributed by atoms with Crippen molar-refractivity contribution in [3.8, 4) is 0 Å². The van der Waals surface area contributed by atoms with Crippen molar-refractivity contribution in [1.29, 1.82) is 0 Å². The quantitative estimate of drug-likeness (QED) is 0.210. The van der Waals surface area contributed by atoms with Gasteiger partial charge in [-0.3, -0.25) is 24.0 Å². The molecular formula is C32H52N6O5. The Kier molecular flexibility index (Phi) is 14.6. The van der Waals surface area contributed by atoms with E-state index in [0.29, 0.717) is 38.6 Å². The van der Waals surface area contributed by atoms with Crippen molar-refractivity contribution in [2.24, 2.45) is 23.5 Å². The normalized spacial score (nSPS) is 24.5. The van der Waals surface area contributed by atoms with E-state index in [1.165, 1.54) is 0 Å². The molecule has 7 N–H and O–H groups in total. The van der Waals surface area contributed by atoms with Crippen LogP contribution in [-0.4, -0.2) is 66.3 Å². The Hall–Kier alpha value is -3.47. The van der Waals surface area contributed by atoms with Crippen molar-refractivity contribution in [3.05, 3.63) is 35.9 Å². The van der Waals surface area contributed by atoms with Crippen molar-refractivity contribution in [1.82, 2.24) is 26.6 Å². The Morgan fingerprint density at radius 1 is 0.605 bits per heavy atom. The minimum Gasteiger partial charge on any atom is -0.343 e. The maximum Gasteiger partial charge on any atom is 0.243 e. The summed E-state index contributed by atoms with van der Waals surface area (Å²) in [7, 11) is 0. The van der Waals surface area contributed by atoms with Crippen molar-refractivity contribution in [3.63, 3.8) is 0 Å². The lowest BCUT2D eigenvalue weighted by Crippen LogP contribution is -2.59. The number of hydrogen-bond donors (Lipinski definition) is 6. The number of amides is 5. The summed E-state index contributed by atoms with van der Waals surface area (Å²) >= 11 is 0. The van der Waals surface area contributed by atoms with Gasteiger partial charge in [-0.1, -0.05) is 71.9 Å². The first-order chi connectivity index (χ1) is 20.3. The fourth-order valence-electron chi connectivity index (χ4n) is 5.09. The molecule has 240 valence electrons. The van der Waals surface area contributed by atoms with E-state index in [9.17, 15) is 24.0 Å². The Morgan fingerprint density at radius 3 is 1.60 bits per heavy atom. The number of nitrogens with one attached hydrogen (secondary N) is 5. The van der Waals surface area contributed by atoms with E-state index in [2.05, 4.69) is 26.6 Å². The van der Waals surface area contributed by atoms with Crippen LogP contribution in [0.1, 0.15) is 79.2 Å². The number of nitrogens with two attached hydrogens (primary N) is 1. The Bertz CT molecular complexity index is 1080. The maximum absolute atomic E-state index is 13.7. The first kappa shape index (κ1) is 35.7. The molecule has 0 saturated carbocycles. The topological polar surface area (TPSA) is 172 Å². The molecule has 1 aromatic carbocycles. The predicted octanol–water partition coefficient (Wildman–Crippen LogP) is 1.54. The van der Waals surface area contributed by atoms with Gasteiger partial charge < -0.3 is 32.3 Å². The molecule has 43 heavy (non-hydrogen) atoms. The van der Waals surface area contributed by atoms with Crippen LogP contribution < -0.4 is 32.3 Å². The minimum atomic E-state index is -1.01. The lowest BCUT2D eigenvalue weighted by molar-refractivity contribution is -0.135. The molecule has 0 spiro atoms. The summed E-state index contributed by atoms with van der Waals surface area (Å²) < 4.78 is 0. The van der Waals surface area contributed by atoms with E-state index in [-0.39, 0.29) is 24.2 Å². The Balaban J connectivity index is 2.57. The lowest BCUT2D eigenvalue weighted by atomic mass is 9.98. The summed E-state index contributed by atoms with van der Waals surface area (Å²) in [5, 5.41) is 14.2. The number of rotatable bonds is 11. The van der Waals surface area contributed by atoms with Crippen LogP contribution in [0.2, 0.25) is 0 Å². The van der Waals surface area contributed by atoms with E-state index >= 15 is 0 Å². The molecule has 0 unspecified atom stereocenters. The van der Waals surface area contributed by atoms with Gasteiger partial charge in [0.05, 0.1) is 0 Å². The fourth-order valence-corrected chi connectivity index (χ4v) is 5.09. The molecule has 0 aromatic heterocycles. The standard InChI is InChI=1S/C32H52N6O5/c1-19(2)16-24-29(40)34-23(14-10-11-15-33)28(39)36-26(18-22-12-8-7-9-13-22)30(41)35-25(17-20(3)4)31(42)38-27(21(5)6)32(43)37-24/h7-9,12-13,19-21,23-27H,10-11,14-18,33H2,1-6H3,(H,34,40)(H,35,41)(H,36,39)(H,37,43)(H,38,42)/t23-,24-,25-,26-,27+/m0/s1. The van der Waals surface area contributed by atoms with Gasteiger partial charge in [0.1, 0.15) is 30.2 Å². The number of hydrogen-bond acceptors (Lipinski definition) is 6. The monoisotopic (exact) mass is 600 g/mol. The minimum absolute atomic E-state index is 0.0517. The van der Waals surface area contributed by atoms with Crippen molar-refractivity contribution in [2.45, 2.75) is 110 Å². The highest BCUT2D eigenvalue weighted by Crippen LogP contribution is 2.13. The average molecular weight is 601 g/mol. The van der Waals surface area contributed by atoms with Crippen LogP contribution in [0.15, 0.2) is 30.3 Å². The van der Waals surface area contributed by atoms with Gasteiger partial charge in [-0.15, -0.1) is 0 Å².